The summed E-state index contributed by atoms with van der Waals surface area (Å²) in [5, 5.41) is 0. The molecule has 1 rings (SSSR count). The van der Waals surface area contributed by atoms with E-state index in [4.69, 9.17) is 15.2 Å². The average molecular weight is 288 g/mol. The lowest BCUT2D eigenvalue weighted by atomic mass is 10.3. The standard InChI is InChI=1S/C12H20N2O4S/c1-9(13)5-7-19(15,16)8-10-12(18-3)11(17-2)4-6-14-10/h4,6,9H,5,7-8,13H2,1-3H3. The van der Waals surface area contributed by atoms with Crippen LogP contribution in [-0.2, 0) is 15.6 Å². The maximum atomic E-state index is 12.0. The van der Waals surface area contributed by atoms with Crippen molar-refractivity contribution in [2.24, 2.45) is 5.73 Å². The molecule has 0 bridgehead atoms. The number of pyridine rings is 1. The van der Waals surface area contributed by atoms with Gasteiger partial charge in [0, 0.05) is 18.3 Å². The molecular weight excluding hydrogens is 268 g/mol. The lowest BCUT2D eigenvalue weighted by Crippen LogP contribution is -2.21. The number of methoxy groups -OCH3 is 2. The second kappa shape index (κ2) is 6.72. The van der Waals surface area contributed by atoms with Gasteiger partial charge in [-0.25, -0.2) is 8.42 Å². The van der Waals surface area contributed by atoms with Crippen molar-refractivity contribution in [1.82, 2.24) is 4.98 Å². The van der Waals surface area contributed by atoms with E-state index < -0.39 is 9.84 Å². The number of ether oxygens (including phenoxy) is 2. The van der Waals surface area contributed by atoms with Crippen LogP contribution in [0.15, 0.2) is 12.3 Å². The smallest absolute Gasteiger partial charge is 0.183 e. The first-order valence-electron chi connectivity index (χ1n) is 5.91. The number of nitrogens with zero attached hydrogens (tertiary/aromatic N) is 1. The predicted molar refractivity (Wildman–Crippen MR) is 73.1 cm³/mol. The Morgan fingerprint density at radius 3 is 2.58 bits per heavy atom. The number of nitrogens with two attached hydrogens (primary N) is 1. The zero-order valence-corrected chi connectivity index (χ0v) is 12.2. The Kier molecular flexibility index (Phi) is 5.56. The van der Waals surface area contributed by atoms with Gasteiger partial charge in [0.05, 0.1) is 25.7 Å². The Morgan fingerprint density at radius 2 is 2.05 bits per heavy atom. The van der Waals surface area contributed by atoms with Gasteiger partial charge < -0.3 is 15.2 Å². The molecule has 1 heterocycles. The molecule has 0 radical (unpaired) electrons. The molecule has 2 N–H and O–H groups in total. The summed E-state index contributed by atoms with van der Waals surface area (Å²) in [5.41, 5.74) is 5.92. The molecule has 0 spiro atoms. The van der Waals surface area contributed by atoms with Gasteiger partial charge in [0.25, 0.3) is 0 Å². The van der Waals surface area contributed by atoms with Crippen molar-refractivity contribution in [1.29, 1.82) is 0 Å². The van der Waals surface area contributed by atoms with Crippen molar-refractivity contribution in [3.05, 3.63) is 18.0 Å². The van der Waals surface area contributed by atoms with Crippen LogP contribution < -0.4 is 15.2 Å². The summed E-state index contributed by atoms with van der Waals surface area (Å²) in [4.78, 5) is 4.06. The van der Waals surface area contributed by atoms with Crippen LogP contribution in [0.4, 0.5) is 0 Å². The number of rotatable bonds is 7. The molecule has 108 valence electrons. The summed E-state index contributed by atoms with van der Waals surface area (Å²) in [7, 11) is -0.317. The molecule has 0 amide bonds. The van der Waals surface area contributed by atoms with Crippen molar-refractivity contribution >= 4 is 9.84 Å². The highest BCUT2D eigenvalue weighted by molar-refractivity contribution is 7.90. The molecule has 0 aliphatic rings. The van der Waals surface area contributed by atoms with E-state index in [2.05, 4.69) is 4.98 Å². The Hall–Kier alpha value is -1.34. The van der Waals surface area contributed by atoms with Crippen molar-refractivity contribution in [3.63, 3.8) is 0 Å². The first-order chi connectivity index (χ1) is 8.89. The molecule has 1 aromatic heterocycles. The van der Waals surface area contributed by atoms with E-state index in [1.165, 1.54) is 20.4 Å². The van der Waals surface area contributed by atoms with Gasteiger partial charge in [-0.15, -0.1) is 0 Å². The average Bonchev–Trinajstić information content (AvgIpc) is 2.35. The summed E-state index contributed by atoms with van der Waals surface area (Å²) < 4.78 is 34.2. The fraction of sp³-hybridized carbons (Fsp3) is 0.583. The fourth-order valence-electron chi connectivity index (χ4n) is 1.60. The molecule has 6 nitrogen and oxygen atoms in total. The molecule has 1 aromatic rings. The summed E-state index contributed by atoms with van der Waals surface area (Å²) in [6.45, 7) is 1.78. The summed E-state index contributed by atoms with van der Waals surface area (Å²) in [5.74, 6) is 0.677. The topological polar surface area (TPSA) is 91.5 Å². The SMILES string of the molecule is COc1ccnc(CS(=O)(=O)CCC(C)N)c1OC. The highest BCUT2D eigenvalue weighted by Gasteiger charge is 2.19. The molecule has 0 saturated carbocycles. The van der Waals surface area contributed by atoms with Gasteiger partial charge in [0.15, 0.2) is 21.3 Å². The van der Waals surface area contributed by atoms with Crippen molar-refractivity contribution < 1.29 is 17.9 Å². The Balaban J connectivity index is 2.93. The predicted octanol–water partition coefficient (Wildman–Crippen LogP) is 0.751. The van der Waals surface area contributed by atoms with Gasteiger partial charge in [0.1, 0.15) is 5.69 Å². The van der Waals surface area contributed by atoms with E-state index in [1.807, 2.05) is 0 Å². The van der Waals surface area contributed by atoms with Crippen molar-refractivity contribution in [2.75, 3.05) is 20.0 Å². The Morgan fingerprint density at radius 1 is 1.37 bits per heavy atom. The third kappa shape index (κ3) is 4.68. The molecule has 0 aliphatic carbocycles. The maximum Gasteiger partial charge on any atom is 0.183 e. The van der Waals surface area contributed by atoms with Crippen LogP contribution in [0.1, 0.15) is 19.0 Å². The Labute approximate surface area is 113 Å². The van der Waals surface area contributed by atoms with Gasteiger partial charge in [-0.1, -0.05) is 0 Å². The lowest BCUT2D eigenvalue weighted by Gasteiger charge is -2.12. The molecule has 0 aromatic carbocycles. The number of aromatic nitrogens is 1. The zero-order valence-electron chi connectivity index (χ0n) is 11.4. The van der Waals surface area contributed by atoms with Crippen LogP contribution >= 0.6 is 0 Å². The molecular formula is C12H20N2O4S. The molecule has 7 heteroatoms. The third-order valence-corrected chi connectivity index (χ3v) is 4.18. The molecule has 1 unspecified atom stereocenters. The molecule has 1 atom stereocenters. The largest absolute Gasteiger partial charge is 0.493 e. The van der Waals surface area contributed by atoms with E-state index in [0.29, 0.717) is 23.6 Å². The quantitative estimate of drug-likeness (QED) is 0.796. The second-order valence-corrected chi connectivity index (χ2v) is 6.54. The molecule has 0 aliphatic heterocycles. The highest BCUT2D eigenvalue weighted by Crippen LogP contribution is 2.30. The highest BCUT2D eigenvalue weighted by atomic mass is 32.2. The van der Waals surface area contributed by atoms with E-state index >= 15 is 0 Å². The zero-order chi connectivity index (χ0) is 14.5. The van der Waals surface area contributed by atoms with Crippen LogP contribution in [0.5, 0.6) is 11.5 Å². The van der Waals surface area contributed by atoms with Crippen LogP contribution in [-0.4, -0.2) is 39.4 Å². The van der Waals surface area contributed by atoms with Gasteiger partial charge in [-0.05, 0) is 13.3 Å². The Bertz CT molecular complexity index is 514. The van der Waals surface area contributed by atoms with E-state index in [0.717, 1.165) is 0 Å². The van der Waals surface area contributed by atoms with Crippen LogP contribution in [0.25, 0.3) is 0 Å². The van der Waals surface area contributed by atoms with Crippen molar-refractivity contribution in [2.45, 2.75) is 25.1 Å². The fourth-order valence-corrected chi connectivity index (χ4v) is 3.10. The second-order valence-electron chi connectivity index (χ2n) is 4.35. The molecule has 0 saturated heterocycles. The summed E-state index contributed by atoms with van der Waals surface area (Å²) >= 11 is 0. The first kappa shape index (κ1) is 15.7. The third-order valence-electron chi connectivity index (χ3n) is 2.61. The minimum Gasteiger partial charge on any atom is -0.493 e. The van der Waals surface area contributed by atoms with Gasteiger partial charge in [-0.2, -0.15) is 0 Å². The number of hydrogen-bond donors (Lipinski definition) is 1. The van der Waals surface area contributed by atoms with E-state index in [1.54, 1.807) is 13.0 Å². The summed E-state index contributed by atoms with van der Waals surface area (Å²) in [6, 6.07) is 1.48. The number of hydrogen-bond acceptors (Lipinski definition) is 6. The first-order valence-corrected chi connectivity index (χ1v) is 7.73. The lowest BCUT2D eigenvalue weighted by molar-refractivity contribution is 0.350. The van der Waals surface area contributed by atoms with Gasteiger partial charge in [0.2, 0.25) is 0 Å². The monoisotopic (exact) mass is 288 g/mol. The van der Waals surface area contributed by atoms with E-state index in [9.17, 15) is 8.42 Å². The van der Waals surface area contributed by atoms with Crippen LogP contribution in [0, 0.1) is 0 Å². The normalized spacial score (nSPS) is 13.1. The molecule has 19 heavy (non-hydrogen) atoms. The van der Waals surface area contributed by atoms with E-state index in [-0.39, 0.29) is 17.5 Å². The van der Waals surface area contributed by atoms with Crippen LogP contribution in [0.3, 0.4) is 0 Å². The van der Waals surface area contributed by atoms with Gasteiger partial charge in [-0.3, -0.25) is 4.98 Å². The molecule has 0 fully saturated rings. The minimum atomic E-state index is -3.27. The minimum absolute atomic E-state index is 0.0344. The maximum absolute atomic E-state index is 12.0. The number of sulfone groups is 1. The van der Waals surface area contributed by atoms with Crippen molar-refractivity contribution in [3.8, 4) is 11.5 Å². The van der Waals surface area contributed by atoms with Gasteiger partial charge >= 0.3 is 0 Å². The summed E-state index contributed by atoms with van der Waals surface area (Å²) in [6.07, 6.45) is 1.92. The van der Waals surface area contributed by atoms with Crippen LogP contribution in [0.2, 0.25) is 0 Å².